The van der Waals surface area contributed by atoms with Gasteiger partial charge in [-0.25, -0.2) is 0 Å². The quantitative estimate of drug-likeness (QED) is 0.675. The summed E-state index contributed by atoms with van der Waals surface area (Å²) in [6.07, 6.45) is 1.84. The molecule has 0 spiro atoms. The number of carbonyl (C=O) groups is 1. The minimum atomic E-state index is -0.0708. The minimum Gasteiger partial charge on any atom is -0.490 e. The molecule has 25 heavy (non-hydrogen) atoms. The highest BCUT2D eigenvalue weighted by molar-refractivity contribution is 5.94. The number of amides is 1. The normalized spacial score (nSPS) is 15.0. The Morgan fingerprint density at radius 2 is 1.80 bits per heavy atom. The SMILES string of the molecule is CCCOc1ccc(C(=O)NCCN2CCNCC2)cc1OCCC. The van der Waals surface area contributed by atoms with E-state index in [1.54, 1.807) is 12.1 Å². The standard InChI is InChI=1S/C19H31N3O3/c1-3-13-24-17-6-5-16(15-18(17)25-14-4-2)19(23)21-9-12-22-10-7-20-8-11-22/h5-6,15,20H,3-4,7-14H2,1-2H3,(H,21,23). The number of hydrogen-bond acceptors (Lipinski definition) is 5. The predicted octanol–water partition coefficient (Wildman–Crippen LogP) is 1.90. The van der Waals surface area contributed by atoms with Crippen molar-refractivity contribution in [2.75, 3.05) is 52.5 Å². The van der Waals surface area contributed by atoms with E-state index in [0.717, 1.165) is 45.6 Å². The van der Waals surface area contributed by atoms with Crippen LogP contribution in [0.4, 0.5) is 0 Å². The first-order valence-corrected chi connectivity index (χ1v) is 9.35. The second-order valence-electron chi connectivity index (χ2n) is 6.21. The van der Waals surface area contributed by atoms with E-state index >= 15 is 0 Å². The van der Waals surface area contributed by atoms with Crippen molar-refractivity contribution in [1.82, 2.24) is 15.5 Å². The first kappa shape index (κ1) is 19.5. The maximum atomic E-state index is 12.4. The first-order valence-electron chi connectivity index (χ1n) is 9.35. The first-order chi connectivity index (χ1) is 12.2. The van der Waals surface area contributed by atoms with Gasteiger partial charge in [0.05, 0.1) is 13.2 Å². The number of rotatable bonds is 10. The van der Waals surface area contributed by atoms with Gasteiger partial charge in [-0.3, -0.25) is 9.69 Å². The molecule has 0 radical (unpaired) electrons. The molecule has 1 heterocycles. The largest absolute Gasteiger partial charge is 0.490 e. The molecule has 1 aromatic rings. The number of ether oxygens (including phenoxy) is 2. The molecular weight excluding hydrogens is 318 g/mol. The smallest absolute Gasteiger partial charge is 0.251 e. The van der Waals surface area contributed by atoms with Gasteiger partial charge in [-0.05, 0) is 31.0 Å². The van der Waals surface area contributed by atoms with Crippen LogP contribution in [0.1, 0.15) is 37.0 Å². The Hall–Kier alpha value is -1.79. The third-order valence-electron chi connectivity index (χ3n) is 4.05. The Morgan fingerprint density at radius 1 is 1.12 bits per heavy atom. The van der Waals surface area contributed by atoms with E-state index in [0.29, 0.717) is 36.8 Å². The molecule has 1 aromatic carbocycles. The van der Waals surface area contributed by atoms with Crippen molar-refractivity contribution in [2.24, 2.45) is 0 Å². The number of piperazine rings is 1. The van der Waals surface area contributed by atoms with Crippen molar-refractivity contribution in [3.8, 4) is 11.5 Å². The van der Waals surface area contributed by atoms with Crippen LogP contribution in [0.3, 0.4) is 0 Å². The lowest BCUT2D eigenvalue weighted by Crippen LogP contribution is -2.46. The van der Waals surface area contributed by atoms with Crippen LogP contribution in [0.15, 0.2) is 18.2 Å². The van der Waals surface area contributed by atoms with Gasteiger partial charge in [0.1, 0.15) is 0 Å². The lowest BCUT2D eigenvalue weighted by atomic mass is 10.2. The topological polar surface area (TPSA) is 62.8 Å². The lowest BCUT2D eigenvalue weighted by Gasteiger charge is -2.27. The zero-order valence-electron chi connectivity index (χ0n) is 15.5. The average Bonchev–Trinajstić information content (AvgIpc) is 2.65. The monoisotopic (exact) mass is 349 g/mol. The Kier molecular flexibility index (Phi) is 8.55. The molecule has 0 unspecified atom stereocenters. The van der Waals surface area contributed by atoms with Gasteiger partial charge in [0.2, 0.25) is 0 Å². The number of hydrogen-bond donors (Lipinski definition) is 2. The van der Waals surface area contributed by atoms with Crippen LogP contribution in [-0.2, 0) is 0 Å². The second kappa shape index (κ2) is 10.9. The maximum Gasteiger partial charge on any atom is 0.251 e. The average molecular weight is 349 g/mol. The van der Waals surface area contributed by atoms with Crippen molar-refractivity contribution in [3.63, 3.8) is 0 Å². The summed E-state index contributed by atoms with van der Waals surface area (Å²) in [7, 11) is 0. The highest BCUT2D eigenvalue weighted by Crippen LogP contribution is 2.28. The summed E-state index contributed by atoms with van der Waals surface area (Å²) in [6.45, 7) is 11.0. The van der Waals surface area contributed by atoms with Crippen molar-refractivity contribution >= 4 is 5.91 Å². The zero-order valence-corrected chi connectivity index (χ0v) is 15.5. The Morgan fingerprint density at radius 3 is 2.48 bits per heavy atom. The molecule has 0 saturated carbocycles. The third-order valence-corrected chi connectivity index (χ3v) is 4.05. The summed E-state index contributed by atoms with van der Waals surface area (Å²) >= 11 is 0. The molecule has 1 saturated heterocycles. The van der Waals surface area contributed by atoms with E-state index in [1.807, 2.05) is 6.07 Å². The fourth-order valence-corrected chi connectivity index (χ4v) is 2.67. The summed E-state index contributed by atoms with van der Waals surface area (Å²) in [6, 6.07) is 5.40. The predicted molar refractivity (Wildman–Crippen MR) is 99.7 cm³/mol. The molecule has 0 atom stereocenters. The van der Waals surface area contributed by atoms with E-state index in [4.69, 9.17) is 9.47 Å². The number of carbonyl (C=O) groups excluding carboxylic acids is 1. The van der Waals surface area contributed by atoms with Gasteiger partial charge < -0.3 is 20.1 Å². The van der Waals surface area contributed by atoms with Crippen LogP contribution >= 0.6 is 0 Å². The Labute approximate surface area is 150 Å². The van der Waals surface area contributed by atoms with Crippen molar-refractivity contribution in [3.05, 3.63) is 23.8 Å². The van der Waals surface area contributed by atoms with Gasteiger partial charge in [-0.15, -0.1) is 0 Å². The highest BCUT2D eigenvalue weighted by Gasteiger charge is 2.13. The maximum absolute atomic E-state index is 12.4. The van der Waals surface area contributed by atoms with Gasteiger partial charge >= 0.3 is 0 Å². The van der Waals surface area contributed by atoms with E-state index in [9.17, 15) is 4.79 Å². The van der Waals surface area contributed by atoms with Crippen LogP contribution in [0.5, 0.6) is 11.5 Å². The fourth-order valence-electron chi connectivity index (χ4n) is 2.67. The third kappa shape index (κ3) is 6.55. The molecule has 0 aliphatic carbocycles. The molecule has 140 valence electrons. The van der Waals surface area contributed by atoms with Gasteiger partial charge in [0.15, 0.2) is 11.5 Å². The lowest BCUT2D eigenvalue weighted by molar-refractivity contribution is 0.0946. The molecule has 1 fully saturated rings. The summed E-state index contributed by atoms with van der Waals surface area (Å²) in [4.78, 5) is 14.8. The van der Waals surface area contributed by atoms with Gasteiger partial charge in [-0.2, -0.15) is 0 Å². The van der Waals surface area contributed by atoms with Gasteiger partial charge in [-0.1, -0.05) is 13.8 Å². The molecule has 2 rings (SSSR count). The van der Waals surface area contributed by atoms with E-state index in [2.05, 4.69) is 29.4 Å². The van der Waals surface area contributed by atoms with Crippen molar-refractivity contribution in [2.45, 2.75) is 26.7 Å². The summed E-state index contributed by atoms with van der Waals surface area (Å²) in [5, 5.41) is 6.32. The van der Waals surface area contributed by atoms with Crippen LogP contribution in [-0.4, -0.2) is 63.3 Å². The zero-order chi connectivity index (χ0) is 17.9. The molecule has 1 amide bonds. The molecule has 6 nitrogen and oxygen atoms in total. The van der Waals surface area contributed by atoms with Crippen LogP contribution in [0.25, 0.3) is 0 Å². The summed E-state index contributed by atoms with van der Waals surface area (Å²) in [5.74, 6) is 1.27. The van der Waals surface area contributed by atoms with Crippen LogP contribution < -0.4 is 20.1 Å². The van der Waals surface area contributed by atoms with Crippen LogP contribution in [0.2, 0.25) is 0 Å². The Balaban J connectivity index is 1.90. The molecule has 6 heteroatoms. The van der Waals surface area contributed by atoms with Gasteiger partial charge in [0.25, 0.3) is 5.91 Å². The minimum absolute atomic E-state index is 0.0708. The van der Waals surface area contributed by atoms with E-state index < -0.39 is 0 Å². The highest BCUT2D eigenvalue weighted by atomic mass is 16.5. The summed E-state index contributed by atoms with van der Waals surface area (Å²) in [5.41, 5.74) is 0.607. The number of benzene rings is 1. The second-order valence-corrected chi connectivity index (χ2v) is 6.21. The van der Waals surface area contributed by atoms with Crippen molar-refractivity contribution < 1.29 is 14.3 Å². The fraction of sp³-hybridized carbons (Fsp3) is 0.632. The molecule has 1 aliphatic rings. The van der Waals surface area contributed by atoms with Gasteiger partial charge in [0, 0.05) is 44.8 Å². The molecule has 2 N–H and O–H groups in total. The van der Waals surface area contributed by atoms with E-state index in [1.165, 1.54) is 0 Å². The molecule has 0 bridgehead atoms. The van der Waals surface area contributed by atoms with Crippen molar-refractivity contribution in [1.29, 1.82) is 0 Å². The molecule has 0 aromatic heterocycles. The number of nitrogens with one attached hydrogen (secondary N) is 2. The molecule has 1 aliphatic heterocycles. The van der Waals surface area contributed by atoms with Crippen LogP contribution in [0, 0.1) is 0 Å². The molecular formula is C19H31N3O3. The summed E-state index contributed by atoms with van der Waals surface area (Å²) < 4.78 is 11.5. The Bertz CT molecular complexity index is 531. The van der Waals surface area contributed by atoms with E-state index in [-0.39, 0.29) is 5.91 Å². The number of nitrogens with zero attached hydrogens (tertiary/aromatic N) is 1.